The summed E-state index contributed by atoms with van der Waals surface area (Å²) in [5.41, 5.74) is 0. The molecule has 64 valence electrons. The number of Topliss-reactive ketones (excluding diaryl/α,β-unsaturated/α-hetero) is 1. The summed E-state index contributed by atoms with van der Waals surface area (Å²) in [5.74, 6) is -0.801. The lowest BCUT2D eigenvalue weighted by molar-refractivity contribution is -0.132. The Hall–Kier alpha value is -0.780. The lowest BCUT2D eigenvalue weighted by Gasteiger charge is -2.12. The number of aliphatic hydroxyl groups is 3. The second-order valence-corrected chi connectivity index (χ2v) is 2.11. The van der Waals surface area contributed by atoms with Gasteiger partial charge in [0.1, 0.15) is 6.10 Å². The number of carbonyl (C=O) groups is 2. The SMILES string of the molecule is O=CC(=O)C[C@H](O)[C@@H](O)CO. The van der Waals surface area contributed by atoms with E-state index in [4.69, 9.17) is 15.3 Å². The molecule has 0 fully saturated rings. The van der Waals surface area contributed by atoms with Crippen LogP contribution in [0.5, 0.6) is 0 Å². The van der Waals surface area contributed by atoms with Crippen molar-refractivity contribution >= 4 is 12.1 Å². The van der Waals surface area contributed by atoms with Crippen molar-refractivity contribution in [3.63, 3.8) is 0 Å². The van der Waals surface area contributed by atoms with Gasteiger partial charge in [-0.05, 0) is 0 Å². The van der Waals surface area contributed by atoms with E-state index in [-0.39, 0.29) is 6.29 Å². The molecule has 0 radical (unpaired) electrons. The quantitative estimate of drug-likeness (QED) is 0.317. The minimum atomic E-state index is -1.36. The zero-order chi connectivity index (χ0) is 8.85. The van der Waals surface area contributed by atoms with E-state index in [1.165, 1.54) is 0 Å². The average Bonchev–Trinajstić information content (AvgIpc) is 2.02. The molecule has 0 aliphatic heterocycles. The molecule has 5 heteroatoms. The van der Waals surface area contributed by atoms with Crippen molar-refractivity contribution in [2.75, 3.05) is 6.61 Å². The van der Waals surface area contributed by atoms with Crippen LogP contribution in [0.2, 0.25) is 0 Å². The first-order valence-corrected chi connectivity index (χ1v) is 3.06. The number of aliphatic hydroxyl groups excluding tert-OH is 3. The van der Waals surface area contributed by atoms with Gasteiger partial charge in [0.25, 0.3) is 0 Å². The standard InChI is InChI=1S/C6H10O5/c7-2-4(9)1-5(10)6(11)3-8/h2,5-6,8,10-11H,1,3H2/t5-,6-/m0/s1. The maximum atomic E-state index is 10.3. The summed E-state index contributed by atoms with van der Waals surface area (Å²) in [6, 6.07) is 0. The Balaban J connectivity index is 3.76. The minimum absolute atomic E-state index is 0.0628. The van der Waals surface area contributed by atoms with Gasteiger partial charge in [-0.25, -0.2) is 0 Å². The topological polar surface area (TPSA) is 94.8 Å². The van der Waals surface area contributed by atoms with Crippen LogP contribution in [0.15, 0.2) is 0 Å². The molecule has 0 rings (SSSR count). The molecule has 0 aliphatic carbocycles. The van der Waals surface area contributed by atoms with Crippen LogP contribution in [-0.4, -0.2) is 46.2 Å². The van der Waals surface area contributed by atoms with Crippen LogP contribution in [0.25, 0.3) is 0 Å². The molecule has 0 amide bonds. The zero-order valence-corrected chi connectivity index (χ0v) is 5.80. The van der Waals surface area contributed by atoms with Crippen LogP contribution in [0.1, 0.15) is 6.42 Å². The van der Waals surface area contributed by atoms with Crippen LogP contribution < -0.4 is 0 Å². The number of rotatable bonds is 5. The summed E-state index contributed by atoms with van der Waals surface area (Å²) >= 11 is 0. The minimum Gasteiger partial charge on any atom is -0.394 e. The van der Waals surface area contributed by atoms with Gasteiger partial charge in [-0.2, -0.15) is 0 Å². The summed E-state index contributed by atoms with van der Waals surface area (Å²) in [7, 11) is 0. The first kappa shape index (κ1) is 10.2. The highest BCUT2D eigenvalue weighted by atomic mass is 16.4. The van der Waals surface area contributed by atoms with Gasteiger partial charge < -0.3 is 15.3 Å². The van der Waals surface area contributed by atoms with Crippen molar-refractivity contribution in [1.29, 1.82) is 0 Å². The highest BCUT2D eigenvalue weighted by Gasteiger charge is 2.17. The number of ketones is 1. The average molecular weight is 162 g/mol. The number of carbonyl (C=O) groups excluding carboxylic acids is 2. The van der Waals surface area contributed by atoms with E-state index in [1.54, 1.807) is 0 Å². The summed E-state index contributed by atoms with van der Waals surface area (Å²) < 4.78 is 0. The van der Waals surface area contributed by atoms with Crippen LogP contribution in [0.3, 0.4) is 0 Å². The summed E-state index contributed by atoms with van der Waals surface area (Å²) in [6.45, 7) is -0.632. The molecular formula is C6H10O5. The Labute approximate surface area is 63.3 Å². The maximum absolute atomic E-state index is 10.3. The van der Waals surface area contributed by atoms with Crippen molar-refractivity contribution in [2.24, 2.45) is 0 Å². The Morgan fingerprint density at radius 3 is 2.27 bits per heavy atom. The predicted octanol–water partition coefficient (Wildman–Crippen LogP) is -2.14. The van der Waals surface area contributed by atoms with Crippen LogP contribution >= 0.6 is 0 Å². The van der Waals surface area contributed by atoms with Gasteiger partial charge in [0, 0.05) is 6.42 Å². The zero-order valence-electron chi connectivity index (χ0n) is 5.80. The Morgan fingerprint density at radius 1 is 1.36 bits per heavy atom. The van der Waals surface area contributed by atoms with E-state index in [9.17, 15) is 9.59 Å². The van der Waals surface area contributed by atoms with Crippen molar-refractivity contribution in [2.45, 2.75) is 18.6 Å². The molecule has 0 aliphatic rings. The molecule has 5 nitrogen and oxygen atoms in total. The van der Waals surface area contributed by atoms with Crippen molar-refractivity contribution in [3.05, 3.63) is 0 Å². The smallest absolute Gasteiger partial charge is 0.197 e. The molecule has 0 heterocycles. The maximum Gasteiger partial charge on any atom is 0.197 e. The summed E-state index contributed by atoms with van der Waals surface area (Å²) in [4.78, 5) is 20.1. The van der Waals surface area contributed by atoms with Crippen LogP contribution in [0, 0.1) is 0 Å². The molecule has 2 atom stereocenters. The Bertz CT molecular complexity index is 144. The molecule has 0 aromatic carbocycles. The lowest BCUT2D eigenvalue weighted by Crippen LogP contribution is -2.31. The Kier molecular flexibility index (Phi) is 4.60. The van der Waals surface area contributed by atoms with E-state index < -0.39 is 31.0 Å². The van der Waals surface area contributed by atoms with E-state index in [2.05, 4.69) is 0 Å². The van der Waals surface area contributed by atoms with Gasteiger partial charge in [0.15, 0.2) is 12.1 Å². The van der Waals surface area contributed by atoms with E-state index in [0.29, 0.717) is 0 Å². The molecule has 0 saturated heterocycles. The summed E-state index contributed by atoms with van der Waals surface area (Å²) in [6.07, 6.45) is -3.12. The molecule has 0 bridgehead atoms. The number of aldehydes is 1. The first-order chi connectivity index (χ1) is 5.11. The van der Waals surface area contributed by atoms with Gasteiger partial charge in [-0.1, -0.05) is 0 Å². The summed E-state index contributed by atoms with van der Waals surface area (Å²) in [5, 5.41) is 25.8. The monoisotopic (exact) mass is 162 g/mol. The third-order valence-electron chi connectivity index (χ3n) is 1.17. The second kappa shape index (κ2) is 4.95. The second-order valence-electron chi connectivity index (χ2n) is 2.11. The molecule has 0 spiro atoms. The largest absolute Gasteiger partial charge is 0.394 e. The van der Waals surface area contributed by atoms with Crippen LogP contribution in [-0.2, 0) is 9.59 Å². The van der Waals surface area contributed by atoms with Gasteiger partial charge >= 0.3 is 0 Å². The molecule has 11 heavy (non-hydrogen) atoms. The molecule has 0 unspecified atom stereocenters. The van der Waals surface area contributed by atoms with E-state index in [1.807, 2.05) is 0 Å². The lowest BCUT2D eigenvalue weighted by atomic mass is 10.1. The van der Waals surface area contributed by atoms with Gasteiger partial charge in [0.2, 0.25) is 0 Å². The normalized spacial score (nSPS) is 15.5. The molecular weight excluding hydrogens is 152 g/mol. The molecule has 0 saturated carbocycles. The van der Waals surface area contributed by atoms with Gasteiger partial charge in [-0.15, -0.1) is 0 Å². The third-order valence-corrected chi connectivity index (χ3v) is 1.17. The van der Waals surface area contributed by atoms with Gasteiger partial charge in [-0.3, -0.25) is 9.59 Å². The number of hydrogen-bond acceptors (Lipinski definition) is 5. The van der Waals surface area contributed by atoms with Crippen LogP contribution in [0.4, 0.5) is 0 Å². The fourth-order valence-electron chi connectivity index (χ4n) is 0.512. The molecule has 3 N–H and O–H groups in total. The van der Waals surface area contributed by atoms with Gasteiger partial charge in [0.05, 0.1) is 12.7 Å². The fourth-order valence-corrected chi connectivity index (χ4v) is 0.512. The fraction of sp³-hybridized carbons (Fsp3) is 0.667. The number of hydrogen-bond donors (Lipinski definition) is 3. The highest BCUT2D eigenvalue weighted by molar-refractivity contribution is 6.25. The first-order valence-electron chi connectivity index (χ1n) is 3.06. The third kappa shape index (κ3) is 3.82. The van der Waals surface area contributed by atoms with Crippen molar-refractivity contribution in [3.8, 4) is 0 Å². The molecule has 0 aromatic heterocycles. The van der Waals surface area contributed by atoms with E-state index >= 15 is 0 Å². The predicted molar refractivity (Wildman–Crippen MR) is 34.8 cm³/mol. The highest BCUT2D eigenvalue weighted by Crippen LogP contribution is 1.97. The molecule has 0 aromatic rings. The van der Waals surface area contributed by atoms with Crippen molar-refractivity contribution < 1.29 is 24.9 Å². The van der Waals surface area contributed by atoms with Crippen molar-refractivity contribution in [1.82, 2.24) is 0 Å². The van der Waals surface area contributed by atoms with E-state index in [0.717, 1.165) is 0 Å². The Morgan fingerprint density at radius 2 is 1.91 bits per heavy atom.